The topological polar surface area (TPSA) is 12.0 Å². The number of rotatable bonds is 5. The van der Waals surface area contributed by atoms with Gasteiger partial charge in [-0.1, -0.05) is 0 Å². The Morgan fingerprint density at radius 1 is 0.476 bits per heavy atom. The molecule has 1 nitrogen and oxygen atoms in total. The highest BCUT2D eigenvalue weighted by Gasteiger charge is 2.90. The lowest BCUT2D eigenvalue weighted by atomic mass is 9.96. The first-order valence-corrected chi connectivity index (χ1v) is 4.46. The molecule has 21 heavy (non-hydrogen) atoms. The maximum Gasteiger partial charge on any atom is 0.460 e. The van der Waals surface area contributed by atoms with Crippen LogP contribution in [0.3, 0.4) is 0 Å². The second-order valence-corrected chi connectivity index (χ2v) is 3.62. The number of nitrogens with one attached hydrogen (secondary N) is 1. The predicted molar refractivity (Wildman–Crippen MR) is 39.8 cm³/mol. The Bertz CT molecular complexity index is 380. The molecule has 128 valence electrons. The van der Waals surface area contributed by atoms with Crippen LogP contribution in [0.25, 0.3) is 0 Å². The molecule has 0 unspecified atom stereocenters. The molecule has 14 heteroatoms. The number of hydrogen-bond donors (Lipinski definition) is 1. The number of alkyl halides is 13. The minimum atomic E-state index is -7.85. The molecular weight excluding hydrogens is 345 g/mol. The van der Waals surface area contributed by atoms with Crippen molar-refractivity contribution in [1.29, 1.82) is 0 Å². The molecule has 0 aromatic rings. The lowest BCUT2D eigenvalue weighted by Gasteiger charge is -2.39. The van der Waals surface area contributed by atoms with Gasteiger partial charge in [0.1, 0.15) is 0 Å². The number of hydrogen-bond acceptors (Lipinski definition) is 1. The van der Waals surface area contributed by atoms with Gasteiger partial charge in [-0.3, -0.25) is 5.32 Å². The molecular formula is C7H4F13N. The fourth-order valence-electron chi connectivity index (χ4n) is 0.927. The molecule has 0 aromatic heterocycles. The van der Waals surface area contributed by atoms with Crippen LogP contribution in [0.2, 0.25) is 0 Å². The molecule has 0 aliphatic rings. The molecule has 0 rings (SSSR count). The van der Waals surface area contributed by atoms with Crippen LogP contribution >= 0.6 is 0 Å². The lowest BCUT2D eigenvalue weighted by Crippen LogP contribution is -2.71. The largest absolute Gasteiger partial charge is 0.460 e. The third kappa shape index (κ3) is 2.50. The monoisotopic (exact) mass is 349 g/mol. The summed E-state index contributed by atoms with van der Waals surface area (Å²) in [4.78, 5) is 0. The van der Waals surface area contributed by atoms with Gasteiger partial charge in [0.15, 0.2) is 0 Å². The van der Waals surface area contributed by atoms with E-state index in [0.29, 0.717) is 0 Å². The van der Waals surface area contributed by atoms with Gasteiger partial charge in [0, 0.05) is 0 Å². The fraction of sp³-hybridized carbons (Fsp3) is 1.00. The smallest absolute Gasteiger partial charge is 0.256 e. The summed E-state index contributed by atoms with van der Waals surface area (Å²) in [6, 6.07) is -6.19. The summed E-state index contributed by atoms with van der Waals surface area (Å²) in [7, 11) is -0.135. The van der Waals surface area contributed by atoms with Crippen molar-refractivity contribution < 1.29 is 57.1 Å². The van der Waals surface area contributed by atoms with Crippen LogP contribution < -0.4 is 5.32 Å². The molecule has 0 aromatic carbocycles. The Morgan fingerprint density at radius 2 is 0.762 bits per heavy atom. The molecule has 0 saturated heterocycles. The second-order valence-electron chi connectivity index (χ2n) is 3.62. The first-order valence-electron chi connectivity index (χ1n) is 4.46. The number of halogens is 13. The van der Waals surface area contributed by atoms with Gasteiger partial charge in [-0.05, 0) is 7.05 Å². The van der Waals surface area contributed by atoms with Crippen LogP contribution in [0.4, 0.5) is 57.1 Å². The van der Waals surface area contributed by atoms with E-state index in [-0.39, 0.29) is 12.4 Å². The third-order valence-electron chi connectivity index (χ3n) is 2.25. The molecule has 0 aliphatic carbocycles. The molecule has 0 spiro atoms. The minimum absolute atomic E-state index is 0.127. The lowest BCUT2D eigenvalue weighted by molar-refractivity contribution is -0.441. The Labute approximate surface area is 107 Å². The summed E-state index contributed by atoms with van der Waals surface area (Å²) >= 11 is 0. The van der Waals surface area contributed by atoms with Crippen LogP contribution in [-0.2, 0) is 0 Å². The highest BCUT2D eigenvalue weighted by Crippen LogP contribution is 2.59. The van der Waals surface area contributed by atoms with E-state index in [1.165, 1.54) is 0 Å². The molecule has 1 N–H and O–H groups in total. The Morgan fingerprint density at radius 3 is 1.00 bits per heavy atom. The quantitative estimate of drug-likeness (QED) is 0.586. The average molecular weight is 349 g/mol. The normalized spacial score (nSPS) is 16.3. The van der Waals surface area contributed by atoms with Gasteiger partial charge in [-0.2, -0.15) is 57.1 Å². The van der Waals surface area contributed by atoms with Crippen LogP contribution in [0.15, 0.2) is 0 Å². The Kier molecular flexibility index (Phi) is 4.56. The van der Waals surface area contributed by atoms with E-state index in [1.807, 2.05) is 0 Å². The first-order chi connectivity index (χ1) is 8.81. The summed E-state index contributed by atoms with van der Waals surface area (Å²) in [6.07, 6.45) is -7.38. The summed E-state index contributed by atoms with van der Waals surface area (Å²) in [5.74, 6) is -30.5. The highest BCUT2D eigenvalue weighted by molar-refractivity contribution is 5.09. The van der Waals surface area contributed by atoms with Crippen molar-refractivity contribution in [3.05, 3.63) is 0 Å². The van der Waals surface area contributed by atoms with Gasteiger partial charge in [0.2, 0.25) is 0 Å². The maximum atomic E-state index is 12.7. The SMILES string of the molecule is CNC(F)(F)C(F)(F)C(F)(F)C(F)(F)C(F)(F)C(F)(F)F. The zero-order chi connectivity index (χ0) is 17.7. The van der Waals surface area contributed by atoms with Gasteiger partial charge in [-0.15, -0.1) is 0 Å². The van der Waals surface area contributed by atoms with E-state index in [4.69, 9.17) is 0 Å². The van der Waals surface area contributed by atoms with Gasteiger partial charge < -0.3 is 0 Å². The van der Waals surface area contributed by atoms with E-state index in [2.05, 4.69) is 0 Å². The minimum Gasteiger partial charge on any atom is -0.256 e. The second kappa shape index (κ2) is 4.78. The van der Waals surface area contributed by atoms with E-state index >= 15 is 0 Å². The zero-order valence-corrected chi connectivity index (χ0v) is 9.41. The van der Waals surface area contributed by atoms with Crippen molar-refractivity contribution in [1.82, 2.24) is 5.32 Å². The summed E-state index contributed by atoms with van der Waals surface area (Å²) in [6.45, 7) is 0. The van der Waals surface area contributed by atoms with Crippen LogP contribution in [0.5, 0.6) is 0 Å². The van der Waals surface area contributed by atoms with Crippen molar-refractivity contribution in [2.75, 3.05) is 7.05 Å². The fourth-order valence-corrected chi connectivity index (χ4v) is 0.927. The third-order valence-corrected chi connectivity index (χ3v) is 2.25. The summed E-state index contributed by atoms with van der Waals surface area (Å²) in [5.41, 5.74) is 0. The van der Waals surface area contributed by atoms with Crippen LogP contribution in [0.1, 0.15) is 0 Å². The van der Waals surface area contributed by atoms with Crippen molar-refractivity contribution in [3.63, 3.8) is 0 Å². The molecule has 0 heterocycles. The van der Waals surface area contributed by atoms with Crippen molar-refractivity contribution in [2.45, 2.75) is 35.9 Å². The Hall–Kier alpha value is -0.950. The molecule has 0 bridgehead atoms. The Balaban J connectivity index is 6.14. The van der Waals surface area contributed by atoms with Gasteiger partial charge in [-0.25, -0.2) is 0 Å². The molecule has 0 saturated carbocycles. The zero-order valence-electron chi connectivity index (χ0n) is 9.41. The average Bonchev–Trinajstić information content (AvgIpc) is 2.26. The van der Waals surface area contributed by atoms with Crippen LogP contribution in [-0.4, -0.2) is 43.0 Å². The van der Waals surface area contributed by atoms with E-state index in [0.717, 1.165) is 0 Å². The van der Waals surface area contributed by atoms with Gasteiger partial charge >= 0.3 is 35.9 Å². The molecule has 0 fully saturated rings. The molecule has 0 amide bonds. The highest BCUT2D eigenvalue weighted by atomic mass is 19.4. The van der Waals surface area contributed by atoms with E-state index in [9.17, 15) is 57.1 Å². The molecule has 0 radical (unpaired) electrons. The first kappa shape index (κ1) is 20.1. The summed E-state index contributed by atoms with van der Waals surface area (Å²) in [5, 5.41) is 0.127. The van der Waals surface area contributed by atoms with E-state index in [1.54, 1.807) is 0 Å². The molecule has 0 atom stereocenters. The maximum absolute atomic E-state index is 12.7. The van der Waals surface area contributed by atoms with Gasteiger partial charge in [0.25, 0.3) is 0 Å². The standard InChI is InChI=1S/C7H4F13N/c1-21-7(19,20)5(14,15)3(10,11)2(8,9)4(12,13)6(16,17)18/h21H,1H3. The van der Waals surface area contributed by atoms with Crippen molar-refractivity contribution >= 4 is 0 Å². The summed E-state index contributed by atoms with van der Waals surface area (Å²) < 4.78 is 160. The van der Waals surface area contributed by atoms with Crippen molar-refractivity contribution in [2.24, 2.45) is 0 Å². The predicted octanol–water partition coefficient (Wildman–Crippen LogP) is 3.90. The van der Waals surface area contributed by atoms with Gasteiger partial charge in [0.05, 0.1) is 0 Å². The van der Waals surface area contributed by atoms with Crippen LogP contribution in [0, 0.1) is 0 Å². The molecule has 0 aliphatic heterocycles. The van der Waals surface area contributed by atoms with Crippen molar-refractivity contribution in [3.8, 4) is 0 Å². The van der Waals surface area contributed by atoms with E-state index < -0.39 is 35.9 Å².